The molecule has 1 N–H and O–H groups in total. The van der Waals surface area contributed by atoms with Crippen LogP contribution in [-0.2, 0) is 14.8 Å². The van der Waals surface area contributed by atoms with Crippen molar-refractivity contribution in [2.45, 2.75) is 25.7 Å². The Balaban J connectivity index is 1.54. The summed E-state index contributed by atoms with van der Waals surface area (Å²) in [7, 11) is -3.02. The largest absolute Gasteiger partial charge is 0.380 e. The molecule has 1 aliphatic carbocycles. The first kappa shape index (κ1) is 15.2. The van der Waals surface area contributed by atoms with Gasteiger partial charge in [-0.3, -0.25) is 0 Å². The normalized spacial score (nSPS) is 25.6. The van der Waals surface area contributed by atoms with E-state index in [4.69, 9.17) is 4.74 Å². The topological polar surface area (TPSA) is 58.6 Å². The summed E-state index contributed by atoms with van der Waals surface area (Å²) in [6, 6.07) is 0. The van der Waals surface area contributed by atoms with Gasteiger partial charge in [-0.2, -0.15) is 0 Å². The second-order valence-electron chi connectivity index (χ2n) is 5.85. The first-order valence-electron chi connectivity index (χ1n) is 7.29. The number of hydrogen-bond donors (Lipinski definition) is 1. The molecule has 0 bridgehead atoms. The van der Waals surface area contributed by atoms with Crippen LogP contribution in [0.1, 0.15) is 25.7 Å². The van der Waals surface area contributed by atoms with Crippen LogP contribution in [0, 0.1) is 11.8 Å². The summed E-state index contributed by atoms with van der Waals surface area (Å²) in [6.07, 6.45) is 6.04. The van der Waals surface area contributed by atoms with Crippen molar-refractivity contribution >= 4 is 10.0 Å². The van der Waals surface area contributed by atoms with Gasteiger partial charge in [0.05, 0.1) is 12.9 Å². The summed E-state index contributed by atoms with van der Waals surface area (Å²) in [5.41, 5.74) is 0. The first-order valence-corrected chi connectivity index (χ1v) is 9.14. The van der Waals surface area contributed by atoms with E-state index in [9.17, 15) is 8.42 Å². The third-order valence-corrected chi connectivity index (χ3v) is 5.13. The molecule has 1 unspecified atom stereocenters. The molecule has 6 heteroatoms. The molecule has 1 aliphatic heterocycles. The van der Waals surface area contributed by atoms with Gasteiger partial charge in [-0.25, -0.2) is 12.7 Å². The fraction of sp³-hybridized carbons (Fsp3) is 1.00. The van der Waals surface area contributed by atoms with Crippen LogP contribution in [0.15, 0.2) is 0 Å². The predicted molar refractivity (Wildman–Crippen MR) is 75.6 cm³/mol. The van der Waals surface area contributed by atoms with E-state index in [1.54, 1.807) is 4.31 Å². The van der Waals surface area contributed by atoms with Crippen LogP contribution in [-0.4, -0.2) is 58.4 Å². The lowest BCUT2D eigenvalue weighted by Crippen LogP contribution is -2.42. The molecule has 5 nitrogen and oxygen atoms in total. The summed E-state index contributed by atoms with van der Waals surface area (Å²) in [6.45, 7) is 4.77. The molecule has 0 aromatic rings. The van der Waals surface area contributed by atoms with Gasteiger partial charge in [0.1, 0.15) is 0 Å². The molecule has 2 fully saturated rings. The lowest BCUT2D eigenvalue weighted by atomic mass is 10.00. The predicted octanol–water partition coefficient (Wildman–Crippen LogP) is 0.674. The van der Waals surface area contributed by atoms with Gasteiger partial charge in [-0.1, -0.05) is 0 Å². The van der Waals surface area contributed by atoms with E-state index in [0.717, 1.165) is 45.1 Å². The number of nitrogens with one attached hydrogen (secondary N) is 1. The average Bonchev–Trinajstić information content (AvgIpc) is 3.17. The zero-order valence-electron chi connectivity index (χ0n) is 11.8. The molecule has 1 saturated carbocycles. The molecule has 19 heavy (non-hydrogen) atoms. The molecule has 0 spiro atoms. The van der Waals surface area contributed by atoms with Gasteiger partial charge >= 0.3 is 0 Å². The van der Waals surface area contributed by atoms with Crippen LogP contribution in [0.25, 0.3) is 0 Å². The lowest BCUT2D eigenvalue weighted by Gasteiger charge is -2.31. The molecule has 0 amide bonds. The van der Waals surface area contributed by atoms with Crippen molar-refractivity contribution in [2.75, 3.05) is 45.6 Å². The second-order valence-corrected chi connectivity index (χ2v) is 7.83. The summed E-state index contributed by atoms with van der Waals surface area (Å²) in [5, 5.41) is 3.37. The Kier molecular flexibility index (Phi) is 5.62. The zero-order chi connectivity index (χ0) is 13.7. The Morgan fingerprint density at radius 2 is 2.05 bits per heavy atom. The van der Waals surface area contributed by atoms with E-state index in [2.05, 4.69) is 5.32 Å². The number of hydrogen-bond acceptors (Lipinski definition) is 4. The SMILES string of the molecule is CS(=O)(=O)N1CCCC(CNCCOCC2CC2)C1. The Morgan fingerprint density at radius 3 is 2.74 bits per heavy atom. The minimum Gasteiger partial charge on any atom is -0.380 e. The standard InChI is InChI=1S/C13H26N2O3S/c1-19(16,17)15-7-2-3-13(10-15)9-14-6-8-18-11-12-4-5-12/h12-14H,2-11H2,1H3. The number of ether oxygens (including phenoxy) is 1. The van der Waals surface area contributed by atoms with Gasteiger partial charge in [0, 0.05) is 26.2 Å². The van der Waals surface area contributed by atoms with E-state index in [1.165, 1.54) is 19.1 Å². The third kappa shape index (κ3) is 5.77. The van der Waals surface area contributed by atoms with Crippen molar-refractivity contribution in [1.29, 1.82) is 0 Å². The average molecular weight is 290 g/mol. The van der Waals surface area contributed by atoms with E-state index in [0.29, 0.717) is 19.0 Å². The summed E-state index contributed by atoms with van der Waals surface area (Å²) in [5.74, 6) is 1.26. The molecule has 1 heterocycles. The van der Waals surface area contributed by atoms with Crippen LogP contribution in [0.3, 0.4) is 0 Å². The lowest BCUT2D eigenvalue weighted by molar-refractivity contribution is 0.124. The van der Waals surface area contributed by atoms with Gasteiger partial charge in [-0.05, 0) is 44.1 Å². The van der Waals surface area contributed by atoms with E-state index in [1.807, 2.05) is 0 Å². The molecule has 0 aromatic heterocycles. The molecule has 2 aliphatic rings. The second kappa shape index (κ2) is 7.02. The van der Waals surface area contributed by atoms with Crippen molar-refractivity contribution in [3.63, 3.8) is 0 Å². The van der Waals surface area contributed by atoms with Crippen molar-refractivity contribution in [3.8, 4) is 0 Å². The maximum absolute atomic E-state index is 11.5. The van der Waals surface area contributed by atoms with Gasteiger partial charge in [-0.15, -0.1) is 0 Å². The fourth-order valence-electron chi connectivity index (χ4n) is 2.48. The van der Waals surface area contributed by atoms with Crippen LogP contribution in [0.4, 0.5) is 0 Å². The van der Waals surface area contributed by atoms with E-state index < -0.39 is 10.0 Å². The van der Waals surface area contributed by atoms with Crippen molar-refractivity contribution in [1.82, 2.24) is 9.62 Å². The Hall–Kier alpha value is -0.170. The molecule has 1 saturated heterocycles. The number of sulfonamides is 1. The highest BCUT2D eigenvalue weighted by Crippen LogP contribution is 2.28. The van der Waals surface area contributed by atoms with Crippen LogP contribution in [0.5, 0.6) is 0 Å². The zero-order valence-corrected chi connectivity index (χ0v) is 12.6. The third-order valence-electron chi connectivity index (χ3n) is 3.86. The Morgan fingerprint density at radius 1 is 1.26 bits per heavy atom. The van der Waals surface area contributed by atoms with Gasteiger partial charge in [0.2, 0.25) is 10.0 Å². The Labute approximate surface area is 116 Å². The highest BCUT2D eigenvalue weighted by Gasteiger charge is 2.25. The molecule has 2 rings (SSSR count). The maximum Gasteiger partial charge on any atom is 0.211 e. The minimum absolute atomic E-state index is 0.437. The van der Waals surface area contributed by atoms with E-state index >= 15 is 0 Å². The monoisotopic (exact) mass is 290 g/mol. The molecular formula is C13H26N2O3S. The quantitative estimate of drug-likeness (QED) is 0.668. The van der Waals surface area contributed by atoms with Crippen molar-refractivity contribution < 1.29 is 13.2 Å². The highest BCUT2D eigenvalue weighted by atomic mass is 32.2. The summed E-state index contributed by atoms with van der Waals surface area (Å²) < 4.78 is 30.2. The minimum atomic E-state index is -3.02. The van der Waals surface area contributed by atoms with Crippen LogP contribution in [0.2, 0.25) is 0 Å². The van der Waals surface area contributed by atoms with Gasteiger partial charge in [0.25, 0.3) is 0 Å². The summed E-state index contributed by atoms with van der Waals surface area (Å²) in [4.78, 5) is 0. The van der Waals surface area contributed by atoms with Crippen LogP contribution >= 0.6 is 0 Å². The number of piperidine rings is 1. The van der Waals surface area contributed by atoms with Gasteiger partial charge in [0.15, 0.2) is 0 Å². The van der Waals surface area contributed by atoms with E-state index in [-0.39, 0.29) is 0 Å². The number of nitrogens with zero attached hydrogens (tertiary/aromatic N) is 1. The molecule has 1 atom stereocenters. The first-order chi connectivity index (χ1) is 9.05. The fourth-order valence-corrected chi connectivity index (χ4v) is 3.42. The number of rotatable bonds is 8. The highest BCUT2D eigenvalue weighted by molar-refractivity contribution is 7.88. The molecule has 0 radical (unpaired) electrons. The Bertz CT molecular complexity index is 368. The maximum atomic E-state index is 11.5. The van der Waals surface area contributed by atoms with Gasteiger partial charge < -0.3 is 10.1 Å². The smallest absolute Gasteiger partial charge is 0.211 e. The van der Waals surface area contributed by atoms with Crippen molar-refractivity contribution in [3.05, 3.63) is 0 Å². The van der Waals surface area contributed by atoms with Crippen molar-refractivity contribution in [2.24, 2.45) is 11.8 Å². The summed E-state index contributed by atoms with van der Waals surface area (Å²) >= 11 is 0. The molecular weight excluding hydrogens is 264 g/mol. The molecule has 112 valence electrons. The van der Waals surface area contributed by atoms with Crippen LogP contribution < -0.4 is 5.32 Å². The molecule has 0 aromatic carbocycles.